The Morgan fingerprint density at radius 1 is 1.40 bits per heavy atom. The number of pyridine rings is 1. The highest BCUT2D eigenvalue weighted by molar-refractivity contribution is 5.95. The first-order chi connectivity index (χ1) is 9.60. The minimum atomic E-state index is -1.56. The molecule has 3 rings (SSSR count). The number of carbonyl (C=O) groups excluding carboxylic acids is 1. The normalized spacial score (nSPS) is 24.9. The Hall–Kier alpha value is -1.76. The monoisotopic (exact) mass is 284 g/mol. The van der Waals surface area contributed by atoms with E-state index in [4.69, 9.17) is 9.47 Å². The Bertz CT molecular complexity index is 543. The topological polar surface area (TPSA) is 51.7 Å². The zero-order valence-corrected chi connectivity index (χ0v) is 10.9. The summed E-state index contributed by atoms with van der Waals surface area (Å²) in [7, 11) is 1.26. The number of alkyl halides is 2. The lowest BCUT2D eigenvalue weighted by Crippen LogP contribution is -2.25. The van der Waals surface area contributed by atoms with Crippen molar-refractivity contribution in [3.8, 4) is 0 Å². The van der Waals surface area contributed by atoms with Crippen LogP contribution in [0, 0.1) is 0 Å². The molecule has 2 aliphatic rings. The van der Waals surface area contributed by atoms with Gasteiger partial charge in [-0.3, -0.25) is 0 Å². The van der Waals surface area contributed by atoms with Gasteiger partial charge in [0.25, 0.3) is 0 Å². The number of ether oxygens (including phenoxy) is 2. The fraction of sp³-hybridized carbons (Fsp3) is 0.538. The van der Waals surface area contributed by atoms with Crippen molar-refractivity contribution in [1.82, 2.24) is 4.98 Å². The molecule has 20 heavy (non-hydrogen) atoms. The molecule has 0 saturated carbocycles. The highest BCUT2D eigenvalue weighted by atomic mass is 19.2. The highest BCUT2D eigenvalue weighted by Crippen LogP contribution is 2.30. The van der Waals surface area contributed by atoms with Gasteiger partial charge in [0.2, 0.25) is 0 Å². The molecule has 7 heteroatoms. The first-order valence-corrected chi connectivity index (χ1v) is 6.32. The van der Waals surface area contributed by atoms with Crippen molar-refractivity contribution in [1.29, 1.82) is 0 Å². The lowest BCUT2D eigenvalue weighted by Gasteiger charge is -2.19. The number of fused-ring (bicyclic) bond motifs is 1. The smallest absolute Gasteiger partial charge is 0.341 e. The molecule has 0 spiro atoms. The Morgan fingerprint density at radius 2 is 2.10 bits per heavy atom. The molecule has 0 amide bonds. The molecule has 2 aliphatic heterocycles. The first kappa shape index (κ1) is 13.2. The van der Waals surface area contributed by atoms with Crippen molar-refractivity contribution in [3.63, 3.8) is 0 Å². The van der Waals surface area contributed by atoms with Gasteiger partial charge in [-0.25, -0.2) is 18.6 Å². The van der Waals surface area contributed by atoms with Gasteiger partial charge < -0.3 is 14.4 Å². The number of nitrogens with zero attached hydrogens (tertiary/aromatic N) is 2. The number of anilines is 1. The third-order valence-electron chi connectivity index (χ3n) is 3.55. The average molecular weight is 284 g/mol. The second-order valence-electron chi connectivity index (χ2n) is 4.89. The Morgan fingerprint density at radius 3 is 2.75 bits per heavy atom. The van der Waals surface area contributed by atoms with Crippen LogP contribution in [0.4, 0.5) is 14.6 Å². The van der Waals surface area contributed by atoms with E-state index in [1.807, 2.05) is 0 Å². The Labute approximate surface area is 114 Å². The van der Waals surface area contributed by atoms with Crippen LogP contribution in [0.15, 0.2) is 6.07 Å². The van der Waals surface area contributed by atoms with Gasteiger partial charge in [-0.05, 0) is 6.07 Å². The van der Waals surface area contributed by atoms with Crippen LogP contribution in [0.3, 0.4) is 0 Å². The molecule has 0 aromatic carbocycles. The van der Waals surface area contributed by atoms with Crippen molar-refractivity contribution >= 4 is 11.8 Å². The molecule has 0 aliphatic carbocycles. The maximum absolute atomic E-state index is 13.4. The lowest BCUT2D eigenvalue weighted by molar-refractivity contribution is 0.0601. The number of hydrogen-bond donors (Lipinski definition) is 0. The molecule has 1 fully saturated rings. The number of hydrogen-bond acceptors (Lipinski definition) is 5. The molecule has 1 saturated heterocycles. The molecule has 1 aromatic rings. The minimum absolute atomic E-state index is 0.113. The van der Waals surface area contributed by atoms with Crippen molar-refractivity contribution in [3.05, 3.63) is 22.9 Å². The number of aromatic nitrogens is 1. The summed E-state index contributed by atoms with van der Waals surface area (Å²) in [6.07, 6.45) is -3.13. The molecule has 0 unspecified atom stereocenters. The van der Waals surface area contributed by atoms with Gasteiger partial charge in [-0.1, -0.05) is 0 Å². The number of esters is 1. The van der Waals surface area contributed by atoms with Crippen molar-refractivity contribution < 1.29 is 23.0 Å². The van der Waals surface area contributed by atoms with Crippen LogP contribution >= 0.6 is 0 Å². The highest BCUT2D eigenvalue weighted by Gasteiger charge is 2.36. The Balaban J connectivity index is 2.02. The van der Waals surface area contributed by atoms with Crippen molar-refractivity contribution in [2.24, 2.45) is 0 Å². The predicted molar refractivity (Wildman–Crippen MR) is 66.1 cm³/mol. The zero-order chi connectivity index (χ0) is 14.3. The van der Waals surface area contributed by atoms with Crippen LogP contribution in [0.2, 0.25) is 0 Å². The van der Waals surface area contributed by atoms with Crippen LogP contribution < -0.4 is 4.90 Å². The van der Waals surface area contributed by atoms with E-state index < -0.39 is 18.3 Å². The maximum atomic E-state index is 13.4. The predicted octanol–water partition coefficient (Wildman–Crippen LogP) is 1.39. The minimum Gasteiger partial charge on any atom is -0.465 e. The molecular formula is C13H14F2N2O3. The second-order valence-corrected chi connectivity index (χ2v) is 4.89. The molecule has 0 radical (unpaired) electrons. The van der Waals surface area contributed by atoms with Crippen LogP contribution in [-0.2, 0) is 22.7 Å². The van der Waals surface area contributed by atoms with Crippen LogP contribution in [-0.4, -0.2) is 43.5 Å². The van der Waals surface area contributed by atoms with Gasteiger partial charge in [0.05, 0.1) is 39.1 Å². The van der Waals surface area contributed by atoms with Gasteiger partial charge in [0.1, 0.15) is 11.4 Å². The first-order valence-electron chi connectivity index (χ1n) is 6.32. The lowest BCUT2D eigenvalue weighted by atomic mass is 10.1. The van der Waals surface area contributed by atoms with Crippen molar-refractivity contribution in [2.45, 2.75) is 25.6 Å². The summed E-state index contributed by atoms with van der Waals surface area (Å²) in [4.78, 5) is 17.6. The molecule has 5 nitrogen and oxygen atoms in total. The summed E-state index contributed by atoms with van der Waals surface area (Å²) >= 11 is 0. The number of halogens is 2. The summed E-state index contributed by atoms with van der Waals surface area (Å²) in [5.74, 6) is -0.302. The molecule has 0 bridgehead atoms. The van der Waals surface area contributed by atoms with E-state index in [2.05, 4.69) is 4.98 Å². The molecule has 0 N–H and O–H groups in total. The summed E-state index contributed by atoms with van der Waals surface area (Å²) in [5, 5.41) is 0. The summed E-state index contributed by atoms with van der Waals surface area (Å²) in [6, 6.07) is 1.63. The summed E-state index contributed by atoms with van der Waals surface area (Å²) < 4.78 is 36.7. The molecule has 1 aromatic heterocycles. The van der Waals surface area contributed by atoms with Crippen LogP contribution in [0.1, 0.15) is 21.6 Å². The Kier molecular flexibility index (Phi) is 3.29. The van der Waals surface area contributed by atoms with E-state index >= 15 is 0 Å². The quantitative estimate of drug-likeness (QED) is 0.768. The number of methoxy groups -OCH3 is 1. The maximum Gasteiger partial charge on any atom is 0.341 e. The van der Waals surface area contributed by atoms with Gasteiger partial charge in [0.15, 0.2) is 12.3 Å². The summed E-state index contributed by atoms with van der Waals surface area (Å²) in [5.41, 5.74) is 1.73. The fourth-order valence-corrected chi connectivity index (χ4v) is 2.49. The summed E-state index contributed by atoms with van der Waals surface area (Å²) in [6.45, 7) is 0.495. The van der Waals surface area contributed by atoms with E-state index in [0.717, 1.165) is 5.56 Å². The van der Waals surface area contributed by atoms with E-state index in [0.29, 0.717) is 18.9 Å². The zero-order valence-electron chi connectivity index (χ0n) is 10.9. The largest absolute Gasteiger partial charge is 0.465 e. The molecular weight excluding hydrogens is 270 g/mol. The SMILES string of the molecule is COC(=O)c1cc2c(nc1N1C[C@@H](F)[C@@H](F)C1)COC2. The van der Waals surface area contributed by atoms with Gasteiger partial charge in [0, 0.05) is 5.56 Å². The van der Waals surface area contributed by atoms with Crippen molar-refractivity contribution in [2.75, 3.05) is 25.1 Å². The standard InChI is InChI=1S/C13H14F2N2O3/c1-19-13(18)8-2-7-5-20-6-11(7)16-12(8)17-3-9(14)10(15)4-17/h2,9-10H,3-6H2,1H3/t9-,10+. The van der Waals surface area contributed by atoms with E-state index in [-0.39, 0.29) is 24.5 Å². The van der Waals surface area contributed by atoms with Gasteiger partial charge in [-0.15, -0.1) is 0 Å². The third kappa shape index (κ3) is 2.11. The van der Waals surface area contributed by atoms with E-state index in [1.165, 1.54) is 12.0 Å². The molecule has 2 atom stereocenters. The molecule has 108 valence electrons. The second kappa shape index (κ2) is 4.97. The number of rotatable bonds is 2. The van der Waals surface area contributed by atoms with Gasteiger partial charge >= 0.3 is 5.97 Å². The van der Waals surface area contributed by atoms with Gasteiger partial charge in [-0.2, -0.15) is 0 Å². The van der Waals surface area contributed by atoms with E-state index in [1.54, 1.807) is 6.07 Å². The van der Waals surface area contributed by atoms with E-state index in [9.17, 15) is 13.6 Å². The third-order valence-corrected chi connectivity index (χ3v) is 3.55. The van der Waals surface area contributed by atoms with Crippen LogP contribution in [0.25, 0.3) is 0 Å². The molecule has 3 heterocycles. The average Bonchev–Trinajstić information content (AvgIpc) is 3.03. The van der Waals surface area contributed by atoms with Crippen LogP contribution in [0.5, 0.6) is 0 Å². The number of carbonyl (C=O) groups is 1. The fourth-order valence-electron chi connectivity index (χ4n) is 2.49.